The van der Waals surface area contributed by atoms with Crippen molar-refractivity contribution >= 4 is 41.2 Å². The average Bonchev–Trinajstić information content (AvgIpc) is 3.17. The van der Waals surface area contributed by atoms with Gasteiger partial charge in [-0.3, -0.25) is 19.2 Å². The first-order valence-electron chi connectivity index (χ1n) is 11.5. The first-order valence-corrected chi connectivity index (χ1v) is 12.9. The van der Waals surface area contributed by atoms with Gasteiger partial charge in [-0.15, -0.1) is 0 Å². The molecule has 0 aromatic rings. The summed E-state index contributed by atoms with van der Waals surface area (Å²) in [7, 11) is -5.10. The van der Waals surface area contributed by atoms with Gasteiger partial charge in [-0.05, 0) is 12.7 Å². The second kappa shape index (κ2) is 9.22. The van der Waals surface area contributed by atoms with E-state index in [2.05, 4.69) is 5.32 Å². The molecule has 4 rings (SSSR count). The summed E-state index contributed by atoms with van der Waals surface area (Å²) in [6.45, 7) is 1.74. The van der Waals surface area contributed by atoms with Crippen molar-refractivity contribution in [2.45, 2.75) is 43.1 Å². The molecule has 2 atom stereocenters. The average molecular weight is 532 g/mol. The molecule has 0 radical (unpaired) electrons. The van der Waals surface area contributed by atoms with Crippen LogP contribution in [0.5, 0.6) is 0 Å². The summed E-state index contributed by atoms with van der Waals surface area (Å²) >= 11 is 0. The number of carboxylic acids is 3. The van der Waals surface area contributed by atoms with Crippen molar-refractivity contribution in [3.8, 4) is 0 Å². The van der Waals surface area contributed by atoms with Gasteiger partial charge in [-0.25, -0.2) is 0 Å². The van der Waals surface area contributed by atoms with E-state index in [1.165, 1.54) is 4.31 Å². The molecule has 0 amide bonds. The van der Waals surface area contributed by atoms with E-state index >= 15 is 0 Å². The van der Waals surface area contributed by atoms with E-state index in [-0.39, 0.29) is 37.7 Å². The highest BCUT2D eigenvalue weighted by molar-refractivity contribution is 7.86. The third-order valence-electron chi connectivity index (χ3n) is 7.50. The van der Waals surface area contributed by atoms with Crippen molar-refractivity contribution < 1.29 is 52.2 Å². The third kappa shape index (κ3) is 4.70. The van der Waals surface area contributed by atoms with Crippen LogP contribution in [0.15, 0.2) is 0 Å². The van der Waals surface area contributed by atoms with Gasteiger partial charge in [-0.1, -0.05) is 6.42 Å². The lowest BCUT2D eigenvalue weighted by atomic mass is 9.76. The van der Waals surface area contributed by atoms with Gasteiger partial charge in [0.25, 0.3) is 10.2 Å². The number of nitrogens with one attached hydrogen (secondary N) is 1. The van der Waals surface area contributed by atoms with Crippen LogP contribution in [0.4, 0.5) is 0 Å². The molecular formula is C19H29BN4O11S. The van der Waals surface area contributed by atoms with Gasteiger partial charge in [0.2, 0.25) is 0 Å². The van der Waals surface area contributed by atoms with E-state index in [0.29, 0.717) is 13.1 Å². The Balaban J connectivity index is 1.36. The number of nitrogens with two attached hydrogens (primary N) is 1. The number of carbonyl (C=O) groups excluding carboxylic acids is 1. The molecule has 0 bridgehead atoms. The van der Waals surface area contributed by atoms with E-state index in [1.807, 2.05) is 0 Å². The van der Waals surface area contributed by atoms with E-state index in [9.17, 15) is 32.7 Å². The Morgan fingerprint density at radius 3 is 2.19 bits per heavy atom. The Kier molecular flexibility index (Phi) is 6.85. The van der Waals surface area contributed by atoms with E-state index in [4.69, 9.17) is 25.3 Å². The maximum atomic E-state index is 13.1. The molecule has 6 N–H and O–H groups in total. The molecule has 4 saturated heterocycles. The summed E-state index contributed by atoms with van der Waals surface area (Å²) in [5, 5.41) is 31.0. The van der Waals surface area contributed by atoms with Crippen LogP contribution in [0.1, 0.15) is 25.7 Å². The second-order valence-corrected chi connectivity index (χ2v) is 12.2. The Hall–Kier alpha value is -2.31. The Morgan fingerprint density at radius 2 is 1.69 bits per heavy atom. The number of carbonyl (C=O) groups is 4. The van der Waals surface area contributed by atoms with Crippen molar-refractivity contribution in [3.05, 3.63) is 0 Å². The zero-order valence-electron chi connectivity index (χ0n) is 19.4. The van der Waals surface area contributed by atoms with Gasteiger partial charge >= 0.3 is 31.0 Å². The number of rotatable bonds is 11. The summed E-state index contributed by atoms with van der Waals surface area (Å²) in [5.74, 6) is -6.04. The number of aliphatic carboxylic acids is 3. The number of hydrogen-bond donors (Lipinski definition) is 5. The zero-order chi connectivity index (χ0) is 26.5. The second-order valence-electron chi connectivity index (χ2n) is 10.2. The summed E-state index contributed by atoms with van der Waals surface area (Å²) in [4.78, 5) is 46.6. The van der Waals surface area contributed by atoms with Gasteiger partial charge in [-0.2, -0.15) is 17.0 Å². The molecule has 0 aliphatic carbocycles. The van der Waals surface area contributed by atoms with Gasteiger partial charge < -0.3 is 35.7 Å². The number of hydrogen-bond acceptors (Lipinski definition) is 10. The monoisotopic (exact) mass is 532 g/mol. The van der Waals surface area contributed by atoms with Crippen LogP contribution in [0, 0.1) is 11.3 Å². The number of nitrogens with zero attached hydrogens (tertiary/aromatic N) is 2. The fourth-order valence-corrected chi connectivity index (χ4v) is 7.32. The molecule has 36 heavy (non-hydrogen) atoms. The van der Waals surface area contributed by atoms with Crippen LogP contribution >= 0.6 is 0 Å². The molecule has 4 fully saturated rings. The first-order chi connectivity index (χ1) is 16.7. The molecule has 4 aliphatic rings. The Morgan fingerprint density at radius 1 is 1.08 bits per heavy atom. The van der Waals surface area contributed by atoms with Crippen molar-refractivity contribution in [2.75, 3.05) is 39.3 Å². The van der Waals surface area contributed by atoms with E-state index in [1.54, 1.807) is 0 Å². The lowest BCUT2D eigenvalue weighted by Crippen LogP contribution is -2.73. The molecule has 0 unspecified atom stereocenters. The van der Waals surface area contributed by atoms with Crippen molar-refractivity contribution in [1.82, 2.24) is 13.9 Å². The predicted molar refractivity (Wildman–Crippen MR) is 120 cm³/mol. The largest absolute Gasteiger partial charge is 0.528 e. The SMILES string of the molecule is N[C@@]1(C(=O)O)CN(S(=O)(=O)N2CC3(CNC3)C2)C[C@@H]1CCCB1OC(=O)C(CC(=O)O)(CC(=O)O)O1. The Bertz CT molecular complexity index is 1040. The minimum Gasteiger partial charge on any atom is -0.507 e. The Labute approximate surface area is 207 Å². The summed E-state index contributed by atoms with van der Waals surface area (Å²) < 4.78 is 39.0. The lowest BCUT2D eigenvalue weighted by Gasteiger charge is -2.55. The third-order valence-corrected chi connectivity index (χ3v) is 9.34. The molecule has 17 heteroatoms. The smallest absolute Gasteiger partial charge is 0.507 e. The minimum absolute atomic E-state index is 0.0212. The van der Waals surface area contributed by atoms with Crippen LogP contribution in [0.25, 0.3) is 0 Å². The van der Waals surface area contributed by atoms with Crippen molar-refractivity contribution in [1.29, 1.82) is 0 Å². The van der Waals surface area contributed by atoms with E-state index < -0.39 is 71.1 Å². The highest BCUT2D eigenvalue weighted by Crippen LogP contribution is 2.40. The first kappa shape index (κ1) is 26.7. The number of carboxylic acid groups (broad SMARTS) is 3. The van der Waals surface area contributed by atoms with Crippen molar-refractivity contribution in [3.63, 3.8) is 0 Å². The zero-order valence-corrected chi connectivity index (χ0v) is 20.2. The maximum absolute atomic E-state index is 13.1. The topological polar surface area (TPSA) is 226 Å². The molecule has 1 spiro atoms. The molecule has 0 aromatic carbocycles. The highest BCUT2D eigenvalue weighted by Gasteiger charge is 2.58. The predicted octanol–water partition coefficient (Wildman–Crippen LogP) is -2.62. The molecule has 4 heterocycles. The van der Waals surface area contributed by atoms with E-state index in [0.717, 1.165) is 17.4 Å². The molecule has 15 nitrogen and oxygen atoms in total. The standard InChI is InChI=1S/C19H29BN4O11S/c21-19(15(29)30)11-23(36(32,33)24-9-17(10-24)7-22-8-17)6-12(19)2-1-3-20-34-16(31)18(35-20,4-13(25)26)5-14(27)28/h12,22H,1-11,21H2,(H,25,26)(H,27,28)(H,29,30)/t12-,19-/m0/s1. The van der Waals surface area contributed by atoms with Crippen LogP contribution in [-0.2, 0) is 38.7 Å². The summed E-state index contributed by atoms with van der Waals surface area (Å²) in [6, 6.07) is 0. The fraction of sp³-hybridized carbons (Fsp3) is 0.789. The van der Waals surface area contributed by atoms with Gasteiger partial charge in [0.05, 0.1) is 12.8 Å². The summed E-state index contributed by atoms with van der Waals surface area (Å²) in [6.07, 6.45) is -1.39. The molecule has 4 aliphatic heterocycles. The summed E-state index contributed by atoms with van der Waals surface area (Å²) in [5.41, 5.74) is 2.15. The van der Waals surface area contributed by atoms with Gasteiger partial charge in [0.1, 0.15) is 5.54 Å². The van der Waals surface area contributed by atoms with Crippen LogP contribution < -0.4 is 11.1 Å². The minimum atomic E-state index is -3.88. The molecule has 0 aromatic heterocycles. The molecule has 0 saturated carbocycles. The van der Waals surface area contributed by atoms with Crippen LogP contribution in [0.2, 0.25) is 6.32 Å². The maximum Gasteiger partial charge on any atom is 0.528 e. The molecular weight excluding hydrogens is 503 g/mol. The quantitative estimate of drug-likeness (QED) is 0.172. The fourth-order valence-electron chi connectivity index (χ4n) is 5.37. The highest BCUT2D eigenvalue weighted by atomic mass is 32.2. The van der Waals surface area contributed by atoms with Crippen molar-refractivity contribution in [2.24, 2.45) is 17.1 Å². The molecule has 200 valence electrons. The van der Waals surface area contributed by atoms with Crippen LogP contribution in [-0.4, -0.2) is 114 Å². The van der Waals surface area contributed by atoms with Gasteiger partial charge in [0, 0.05) is 50.6 Å². The normalized spacial score (nSPS) is 29.5. The van der Waals surface area contributed by atoms with Gasteiger partial charge in [0.15, 0.2) is 5.60 Å². The lowest BCUT2D eigenvalue weighted by molar-refractivity contribution is -0.157. The van der Waals surface area contributed by atoms with Crippen LogP contribution in [0.3, 0.4) is 0 Å².